The SMILES string of the molecule is CCSC1CCCC1NCc1ccccc1F. The fourth-order valence-corrected chi connectivity index (χ4v) is 3.68. The van der Waals surface area contributed by atoms with E-state index < -0.39 is 0 Å². The minimum Gasteiger partial charge on any atom is -0.309 e. The lowest BCUT2D eigenvalue weighted by Gasteiger charge is -2.20. The number of thioether (sulfide) groups is 1. The van der Waals surface area contributed by atoms with Gasteiger partial charge in [-0.05, 0) is 24.7 Å². The van der Waals surface area contributed by atoms with E-state index in [1.807, 2.05) is 23.9 Å². The van der Waals surface area contributed by atoms with Crippen LogP contribution in [0.5, 0.6) is 0 Å². The Morgan fingerprint density at radius 2 is 2.18 bits per heavy atom. The van der Waals surface area contributed by atoms with Crippen LogP contribution >= 0.6 is 11.8 Å². The second kappa shape index (κ2) is 6.41. The summed E-state index contributed by atoms with van der Waals surface area (Å²) >= 11 is 2.03. The molecule has 17 heavy (non-hydrogen) atoms. The molecule has 1 aliphatic carbocycles. The molecule has 0 radical (unpaired) electrons. The van der Waals surface area contributed by atoms with Crippen molar-refractivity contribution in [3.8, 4) is 0 Å². The maximum Gasteiger partial charge on any atom is 0.127 e. The molecule has 0 amide bonds. The van der Waals surface area contributed by atoms with Crippen molar-refractivity contribution in [2.45, 2.75) is 44.0 Å². The first-order chi connectivity index (χ1) is 8.31. The van der Waals surface area contributed by atoms with E-state index >= 15 is 0 Å². The van der Waals surface area contributed by atoms with Gasteiger partial charge in [-0.2, -0.15) is 11.8 Å². The molecule has 2 unspecified atom stereocenters. The Kier molecular flexibility index (Phi) is 4.86. The van der Waals surface area contributed by atoms with E-state index in [4.69, 9.17) is 0 Å². The maximum atomic E-state index is 13.5. The Morgan fingerprint density at radius 3 is 2.94 bits per heavy atom. The highest BCUT2D eigenvalue weighted by atomic mass is 32.2. The molecule has 0 spiro atoms. The third-order valence-corrected chi connectivity index (χ3v) is 4.67. The van der Waals surface area contributed by atoms with Crippen molar-refractivity contribution in [1.29, 1.82) is 0 Å². The molecule has 2 atom stereocenters. The van der Waals surface area contributed by atoms with Crippen LogP contribution in [0.2, 0.25) is 0 Å². The van der Waals surface area contributed by atoms with Gasteiger partial charge in [-0.15, -0.1) is 0 Å². The molecule has 94 valence electrons. The van der Waals surface area contributed by atoms with E-state index in [1.165, 1.54) is 31.1 Å². The first-order valence-electron chi connectivity index (χ1n) is 6.39. The van der Waals surface area contributed by atoms with E-state index in [0.29, 0.717) is 17.8 Å². The molecule has 1 aromatic rings. The lowest BCUT2D eigenvalue weighted by molar-refractivity contribution is 0.515. The van der Waals surface area contributed by atoms with Crippen LogP contribution in [0.25, 0.3) is 0 Å². The maximum absolute atomic E-state index is 13.5. The summed E-state index contributed by atoms with van der Waals surface area (Å²) in [5, 5.41) is 4.23. The fourth-order valence-electron chi connectivity index (χ4n) is 2.46. The van der Waals surface area contributed by atoms with Gasteiger partial charge in [0.05, 0.1) is 0 Å². The van der Waals surface area contributed by atoms with Gasteiger partial charge in [-0.1, -0.05) is 31.5 Å². The minimum atomic E-state index is -0.0994. The highest BCUT2D eigenvalue weighted by Gasteiger charge is 2.26. The summed E-state index contributed by atoms with van der Waals surface area (Å²) in [5.41, 5.74) is 0.777. The van der Waals surface area contributed by atoms with Gasteiger partial charge in [-0.3, -0.25) is 0 Å². The Hall–Kier alpha value is -0.540. The summed E-state index contributed by atoms with van der Waals surface area (Å²) in [4.78, 5) is 0. The van der Waals surface area contributed by atoms with Gasteiger partial charge in [-0.25, -0.2) is 4.39 Å². The molecule has 0 aromatic heterocycles. The predicted octanol–water partition coefficient (Wildman–Crippen LogP) is 3.59. The van der Waals surface area contributed by atoms with Crippen molar-refractivity contribution in [2.24, 2.45) is 0 Å². The van der Waals surface area contributed by atoms with E-state index in [0.717, 1.165) is 5.56 Å². The molecule has 1 nitrogen and oxygen atoms in total. The van der Waals surface area contributed by atoms with E-state index in [1.54, 1.807) is 6.07 Å². The Labute approximate surface area is 107 Å². The van der Waals surface area contributed by atoms with Gasteiger partial charge in [0.2, 0.25) is 0 Å². The molecule has 2 rings (SSSR count). The van der Waals surface area contributed by atoms with Gasteiger partial charge in [0, 0.05) is 23.4 Å². The smallest absolute Gasteiger partial charge is 0.127 e. The van der Waals surface area contributed by atoms with Crippen LogP contribution in [0.3, 0.4) is 0 Å². The van der Waals surface area contributed by atoms with Gasteiger partial charge in [0.1, 0.15) is 5.82 Å². The Bertz CT molecular complexity index is 356. The zero-order chi connectivity index (χ0) is 12.1. The van der Waals surface area contributed by atoms with Gasteiger partial charge >= 0.3 is 0 Å². The quantitative estimate of drug-likeness (QED) is 0.860. The molecule has 0 heterocycles. The molecule has 1 aromatic carbocycles. The average Bonchev–Trinajstić information content (AvgIpc) is 2.76. The van der Waals surface area contributed by atoms with Crippen molar-refractivity contribution >= 4 is 11.8 Å². The number of nitrogens with one attached hydrogen (secondary N) is 1. The van der Waals surface area contributed by atoms with E-state index in [-0.39, 0.29) is 5.82 Å². The lowest BCUT2D eigenvalue weighted by atomic mass is 10.2. The van der Waals surface area contributed by atoms with Crippen molar-refractivity contribution in [3.05, 3.63) is 35.6 Å². The average molecular weight is 253 g/mol. The summed E-state index contributed by atoms with van der Waals surface area (Å²) in [5.74, 6) is 1.07. The fraction of sp³-hybridized carbons (Fsp3) is 0.571. The normalized spacial score (nSPS) is 24.1. The summed E-state index contributed by atoms with van der Waals surface area (Å²) in [6, 6.07) is 7.58. The standard InChI is InChI=1S/C14H20FNS/c1-2-17-14-9-5-8-13(14)16-10-11-6-3-4-7-12(11)15/h3-4,6-7,13-14,16H,2,5,8-10H2,1H3. The monoisotopic (exact) mass is 253 g/mol. The number of hydrogen-bond donors (Lipinski definition) is 1. The minimum absolute atomic E-state index is 0.0994. The number of hydrogen-bond acceptors (Lipinski definition) is 2. The van der Waals surface area contributed by atoms with Crippen molar-refractivity contribution in [2.75, 3.05) is 5.75 Å². The molecule has 1 saturated carbocycles. The predicted molar refractivity (Wildman–Crippen MR) is 72.8 cm³/mol. The molecule has 1 aliphatic rings. The first-order valence-corrected chi connectivity index (χ1v) is 7.44. The van der Waals surface area contributed by atoms with Crippen LogP contribution < -0.4 is 5.32 Å². The largest absolute Gasteiger partial charge is 0.309 e. The third-order valence-electron chi connectivity index (χ3n) is 3.35. The van der Waals surface area contributed by atoms with Crippen LogP contribution in [-0.4, -0.2) is 17.0 Å². The van der Waals surface area contributed by atoms with Crippen LogP contribution in [0.15, 0.2) is 24.3 Å². The highest BCUT2D eigenvalue weighted by molar-refractivity contribution is 7.99. The van der Waals surface area contributed by atoms with Gasteiger partial charge < -0.3 is 5.32 Å². The van der Waals surface area contributed by atoms with Gasteiger partial charge in [0.15, 0.2) is 0 Å². The van der Waals surface area contributed by atoms with Crippen molar-refractivity contribution in [1.82, 2.24) is 5.32 Å². The topological polar surface area (TPSA) is 12.0 Å². The van der Waals surface area contributed by atoms with Gasteiger partial charge in [0.25, 0.3) is 0 Å². The van der Waals surface area contributed by atoms with Crippen molar-refractivity contribution < 1.29 is 4.39 Å². The zero-order valence-electron chi connectivity index (χ0n) is 10.3. The van der Waals surface area contributed by atoms with Crippen LogP contribution in [0.1, 0.15) is 31.7 Å². The Morgan fingerprint density at radius 1 is 1.35 bits per heavy atom. The lowest BCUT2D eigenvalue weighted by Crippen LogP contribution is -2.33. The second-order valence-corrected chi connectivity index (χ2v) is 6.02. The summed E-state index contributed by atoms with van der Waals surface area (Å²) in [6.07, 6.45) is 3.83. The van der Waals surface area contributed by atoms with Crippen LogP contribution in [0, 0.1) is 5.82 Å². The zero-order valence-corrected chi connectivity index (χ0v) is 11.1. The molecule has 1 fully saturated rings. The molecule has 1 N–H and O–H groups in total. The molecular weight excluding hydrogens is 233 g/mol. The van der Waals surface area contributed by atoms with Crippen LogP contribution in [-0.2, 0) is 6.54 Å². The number of benzene rings is 1. The molecular formula is C14H20FNS. The second-order valence-electron chi connectivity index (χ2n) is 4.50. The van der Waals surface area contributed by atoms with Crippen LogP contribution in [0.4, 0.5) is 4.39 Å². The summed E-state index contributed by atoms with van der Waals surface area (Å²) in [7, 11) is 0. The third kappa shape index (κ3) is 3.46. The molecule has 0 bridgehead atoms. The number of rotatable bonds is 5. The van der Waals surface area contributed by atoms with E-state index in [9.17, 15) is 4.39 Å². The summed E-state index contributed by atoms with van der Waals surface area (Å²) < 4.78 is 13.5. The highest BCUT2D eigenvalue weighted by Crippen LogP contribution is 2.30. The first kappa shape index (κ1) is 12.9. The Balaban J connectivity index is 1.87. The molecule has 0 aliphatic heterocycles. The van der Waals surface area contributed by atoms with Crippen molar-refractivity contribution in [3.63, 3.8) is 0 Å². The molecule has 0 saturated heterocycles. The van der Waals surface area contributed by atoms with E-state index in [2.05, 4.69) is 12.2 Å². The summed E-state index contributed by atoms with van der Waals surface area (Å²) in [6.45, 7) is 2.86. The molecule has 3 heteroatoms. The number of halogens is 1.